The van der Waals surface area contributed by atoms with Crippen LogP contribution in [0.1, 0.15) is 24.0 Å². The lowest BCUT2D eigenvalue weighted by molar-refractivity contribution is -0.136. The molecule has 3 aromatic rings. The van der Waals surface area contributed by atoms with E-state index in [9.17, 15) is 4.79 Å². The Hall–Kier alpha value is -3.21. The molecule has 0 saturated carbocycles. The summed E-state index contributed by atoms with van der Waals surface area (Å²) in [6, 6.07) is 20.7. The van der Waals surface area contributed by atoms with Gasteiger partial charge in [-0.05, 0) is 30.4 Å². The topological polar surface area (TPSA) is 49.3 Å². The van der Waals surface area contributed by atoms with Gasteiger partial charge in [0, 0.05) is 37.8 Å². The van der Waals surface area contributed by atoms with E-state index in [1.54, 1.807) is 6.33 Å². The number of aromatic nitrogens is 2. The first-order chi connectivity index (χ1) is 14.8. The summed E-state index contributed by atoms with van der Waals surface area (Å²) in [6.07, 6.45) is 4.53. The Morgan fingerprint density at radius 2 is 1.73 bits per heavy atom. The Morgan fingerprint density at radius 1 is 0.933 bits per heavy atom. The van der Waals surface area contributed by atoms with Crippen LogP contribution in [-0.2, 0) is 17.8 Å². The van der Waals surface area contributed by atoms with E-state index in [-0.39, 0.29) is 11.8 Å². The smallest absolute Gasteiger partial charge is 0.227 e. The Labute approximate surface area is 177 Å². The van der Waals surface area contributed by atoms with Crippen molar-refractivity contribution in [2.75, 3.05) is 24.5 Å². The average molecular weight is 399 g/mol. The predicted molar refractivity (Wildman–Crippen MR) is 118 cm³/mol. The van der Waals surface area contributed by atoms with Crippen molar-refractivity contribution in [2.24, 2.45) is 5.92 Å². The van der Waals surface area contributed by atoms with Crippen LogP contribution in [0.4, 0.5) is 5.82 Å². The Balaban J connectivity index is 1.30. The van der Waals surface area contributed by atoms with E-state index >= 15 is 0 Å². The number of rotatable bonds is 3. The second-order valence-electron chi connectivity index (χ2n) is 8.19. The molecule has 0 aliphatic carbocycles. The molecule has 5 rings (SSSR count). The van der Waals surface area contributed by atoms with Crippen LogP contribution in [0.5, 0.6) is 0 Å². The van der Waals surface area contributed by atoms with Gasteiger partial charge >= 0.3 is 0 Å². The molecule has 1 fully saturated rings. The number of carbonyl (C=O) groups excluding carboxylic acids is 1. The Bertz CT molecular complexity index is 1040. The van der Waals surface area contributed by atoms with Crippen LogP contribution in [0.25, 0.3) is 11.3 Å². The van der Waals surface area contributed by atoms with Crippen LogP contribution >= 0.6 is 0 Å². The lowest BCUT2D eigenvalue weighted by Crippen LogP contribution is -2.46. The van der Waals surface area contributed by atoms with E-state index in [1.807, 2.05) is 29.2 Å². The fourth-order valence-corrected chi connectivity index (χ4v) is 4.62. The minimum Gasteiger partial charge on any atom is -0.356 e. The number of nitrogens with zero attached hydrogens (tertiary/aromatic N) is 4. The average Bonchev–Trinajstić information content (AvgIpc) is 2.84. The van der Waals surface area contributed by atoms with Crippen molar-refractivity contribution in [3.8, 4) is 11.3 Å². The van der Waals surface area contributed by atoms with Crippen LogP contribution in [0.3, 0.4) is 0 Å². The maximum Gasteiger partial charge on any atom is 0.227 e. The van der Waals surface area contributed by atoms with Crippen molar-refractivity contribution >= 4 is 11.7 Å². The second kappa shape index (κ2) is 8.27. The lowest BCUT2D eigenvalue weighted by atomic mass is 9.94. The summed E-state index contributed by atoms with van der Waals surface area (Å²) in [7, 11) is 0. The van der Waals surface area contributed by atoms with Gasteiger partial charge in [-0.1, -0.05) is 54.6 Å². The van der Waals surface area contributed by atoms with Crippen LogP contribution in [0.15, 0.2) is 67.0 Å². The van der Waals surface area contributed by atoms with Crippen molar-refractivity contribution in [3.63, 3.8) is 0 Å². The molecule has 3 heterocycles. The van der Waals surface area contributed by atoms with Gasteiger partial charge in [0.15, 0.2) is 0 Å². The fraction of sp³-hybridized carbons (Fsp3) is 0.320. The molecule has 1 aromatic heterocycles. The first-order valence-corrected chi connectivity index (χ1v) is 10.8. The number of fused-ring (bicyclic) bond motifs is 1. The van der Waals surface area contributed by atoms with Crippen LogP contribution < -0.4 is 4.90 Å². The number of amides is 1. The molecular weight excluding hydrogens is 372 g/mol. The highest BCUT2D eigenvalue weighted by atomic mass is 16.2. The van der Waals surface area contributed by atoms with Crippen LogP contribution in [-0.4, -0.2) is 40.4 Å². The molecule has 1 atom stereocenters. The largest absolute Gasteiger partial charge is 0.356 e. The van der Waals surface area contributed by atoms with Gasteiger partial charge in [0.05, 0.1) is 11.6 Å². The van der Waals surface area contributed by atoms with Crippen LogP contribution in [0, 0.1) is 5.92 Å². The van der Waals surface area contributed by atoms with Crippen molar-refractivity contribution in [1.82, 2.24) is 14.9 Å². The molecule has 0 bridgehead atoms. The summed E-state index contributed by atoms with van der Waals surface area (Å²) in [5.74, 6) is 1.22. The SMILES string of the molecule is O=C(C1CCCN(c2cc(-c3ccccc3)ncn2)C1)N1CCc2ccccc2C1. The zero-order valence-corrected chi connectivity index (χ0v) is 17.1. The highest BCUT2D eigenvalue weighted by Crippen LogP contribution is 2.27. The molecule has 0 N–H and O–H groups in total. The minimum absolute atomic E-state index is 0.0270. The number of hydrogen-bond acceptors (Lipinski definition) is 4. The Morgan fingerprint density at radius 3 is 2.60 bits per heavy atom. The molecule has 30 heavy (non-hydrogen) atoms. The third-order valence-corrected chi connectivity index (χ3v) is 6.26. The zero-order valence-electron chi connectivity index (χ0n) is 17.1. The summed E-state index contributed by atoms with van der Waals surface area (Å²) in [4.78, 5) is 26.5. The molecule has 1 unspecified atom stereocenters. The zero-order chi connectivity index (χ0) is 20.3. The quantitative estimate of drug-likeness (QED) is 0.670. The summed E-state index contributed by atoms with van der Waals surface area (Å²) < 4.78 is 0. The maximum absolute atomic E-state index is 13.3. The third-order valence-electron chi connectivity index (χ3n) is 6.26. The van der Waals surface area contributed by atoms with E-state index in [4.69, 9.17) is 0 Å². The van der Waals surface area contributed by atoms with E-state index < -0.39 is 0 Å². The summed E-state index contributed by atoms with van der Waals surface area (Å²) in [5.41, 5.74) is 4.66. The standard InChI is InChI=1S/C25H26N4O/c30-25(29-14-12-19-7-4-5-10-21(19)16-29)22-11-6-13-28(17-22)24-15-23(26-18-27-24)20-8-2-1-3-9-20/h1-5,7-10,15,18,22H,6,11-14,16-17H2. The van der Waals surface area contributed by atoms with Crippen molar-refractivity contribution in [2.45, 2.75) is 25.8 Å². The van der Waals surface area contributed by atoms with Crippen molar-refractivity contribution in [3.05, 3.63) is 78.1 Å². The first kappa shape index (κ1) is 18.8. The highest BCUT2D eigenvalue weighted by Gasteiger charge is 2.31. The van der Waals surface area contributed by atoms with Gasteiger partial charge in [0.2, 0.25) is 5.91 Å². The maximum atomic E-state index is 13.3. The second-order valence-corrected chi connectivity index (χ2v) is 8.19. The van der Waals surface area contributed by atoms with Gasteiger partial charge in [0.1, 0.15) is 12.1 Å². The van der Waals surface area contributed by atoms with E-state index in [0.717, 1.165) is 62.5 Å². The number of benzene rings is 2. The monoisotopic (exact) mass is 398 g/mol. The van der Waals surface area contributed by atoms with Gasteiger partial charge in [-0.15, -0.1) is 0 Å². The fourth-order valence-electron chi connectivity index (χ4n) is 4.62. The highest BCUT2D eigenvalue weighted by molar-refractivity contribution is 5.80. The summed E-state index contributed by atoms with van der Waals surface area (Å²) in [5, 5.41) is 0. The normalized spacial score (nSPS) is 18.7. The number of anilines is 1. The third kappa shape index (κ3) is 3.80. The molecule has 1 amide bonds. The molecular formula is C25H26N4O. The number of hydrogen-bond donors (Lipinski definition) is 0. The number of carbonyl (C=O) groups is 1. The molecule has 152 valence electrons. The molecule has 2 aliphatic rings. The van der Waals surface area contributed by atoms with E-state index in [1.165, 1.54) is 11.1 Å². The van der Waals surface area contributed by atoms with Crippen molar-refractivity contribution < 1.29 is 4.79 Å². The van der Waals surface area contributed by atoms with E-state index in [0.29, 0.717) is 0 Å². The summed E-state index contributed by atoms with van der Waals surface area (Å²) >= 11 is 0. The summed E-state index contributed by atoms with van der Waals surface area (Å²) in [6.45, 7) is 3.20. The van der Waals surface area contributed by atoms with E-state index in [2.05, 4.69) is 51.3 Å². The number of piperidine rings is 1. The molecule has 0 spiro atoms. The van der Waals surface area contributed by atoms with Gasteiger partial charge in [-0.2, -0.15) is 0 Å². The molecule has 5 nitrogen and oxygen atoms in total. The minimum atomic E-state index is 0.0270. The Kier molecular flexibility index (Phi) is 5.18. The lowest BCUT2D eigenvalue weighted by Gasteiger charge is -2.37. The van der Waals surface area contributed by atoms with Crippen molar-refractivity contribution in [1.29, 1.82) is 0 Å². The predicted octanol–water partition coefficient (Wildman–Crippen LogP) is 3.94. The molecule has 2 aromatic carbocycles. The van der Waals surface area contributed by atoms with Gasteiger partial charge in [-0.3, -0.25) is 4.79 Å². The first-order valence-electron chi connectivity index (χ1n) is 10.8. The van der Waals surface area contributed by atoms with Gasteiger partial charge < -0.3 is 9.80 Å². The van der Waals surface area contributed by atoms with Gasteiger partial charge in [0.25, 0.3) is 0 Å². The molecule has 1 saturated heterocycles. The molecule has 5 heteroatoms. The van der Waals surface area contributed by atoms with Gasteiger partial charge in [-0.25, -0.2) is 9.97 Å². The molecule has 0 radical (unpaired) electrons. The van der Waals surface area contributed by atoms with Crippen LogP contribution in [0.2, 0.25) is 0 Å². The molecule has 2 aliphatic heterocycles.